The van der Waals surface area contributed by atoms with Crippen LogP contribution >= 0.6 is 15.6 Å². The number of ether oxygens (including phenoxy) is 1. The van der Waals surface area contributed by atoms with Crippen molar-refractivity contribution in [1.29, 1.82) is 0 Å². The molecule has 1 fully saturated rings. The standard InChI is InChI=1S/C13H15N5O10P2/c19-11-9-10(16-13-14-2-1-3-17(11)13)18(6-15-9)12-8(28-30(23,24)25)4-7(27-12)5-26-29(20,21)22/h1-3,6-8,12H,4-5H2,(H2,20,21,22)(H2,23,24,25)/t7-,8-,12+/m0/s1. The summed E-state index contributed by atoms with van der Waals surface area (Å²) in [7, 11) is -9.74. The summed E-state index contributed by atoms with van der Waals surface area (Å²) in [4.78, 5) is 61.0. The summed E-state index contributed by atoms with van der Waals surface area (Å²) in [5, 5.41) is 0. The number of hydrogen-bond acceptors (Lipinski definition) is 9. The van der Waals surface area contributed by atoms with Gasteiger partial charge in [-0.3, -0.25) is 18.4 Å². The first-order chi connectivity index (χ1) is 14.0. The minimum Gasteiger partial charge on any atom is -0.349 e. The number of phosphoric acid groups is 2. The van der Waals surface area contributed by atoms with Gasteiger partial charge >= 0.3 is 15.6 Å². The minimum absolute atomic E-state index is 0.0274. The van der Waals surface area contributed by atoms with Crippen LogP contribution in [0.4, 0.5) is 0 Å². The Morgan fingerprint density at radius 2 is 1.97 bits per heavy atom. The molecule has 0 unspecified atom stereocenters. The Kier molecular flexibility index (Phi) is 5.34. The van der Waals surface area contributed by atoms with Gasteiger partial charge in [-0.1, -0.05) is 0 Å². The lowest BCUT2D eigenvalue weighted by atomic mass is 10.2. The number of nitrogens with zero attached hydrogens (tertiary/aromatic N) is 5. The van der Waals surface area contributed by atoms with Crippen LogP contribution in [0.15, 0.2) is 29.6 Å². The maximum absolute atomic E-state index is 12.6. The third-order valence-electron chi connectivity index (χ3n) is 4.24. The molecule has 0 radical (unpaired) electrons. The zero-order chi connectivity index (χ0) is 21.7. The minimum atomic E-state index is -4.95. The zero-order valence-corrected chi connectivity index (χ0v) is 16.6. The Morgan fingerprint density at radius 3 is 2.67 bits per heavy atom. The second-order valence-electron chi connectivity index (χ2n) is 6.34. The molecule has 17 heteroatoms. The molecule has 0 spiro atoms. The lowest BCUT2D eigenvalue weighted by Crippen LogP contribution is -2.23. The number of imidazole rings is 1. The second kappa shape index (κ2) is 7.57. The predicted molar refractivity (Wildman–Crippen MR) is 96.0 cm³/mol. The Hall–Kier alpha value is -2.06. The van der Waals surface area contributed by atoms with Crippen molar-refractivity contribution in [1.82, 2.24) is 23.9 Å². The van der Waals surface area contributed by atoms with E-state index in [9.17, 15) is 23.7 Å². The maximum atomic E-state index is 12.6. The fraction of sp³-hybridized carbons (Fsp3) is 0.385. The van der Waals surface area contributed by atoms with Gasteiger partial charge in [-0.15, -0.1) is 0 Å². The van der Waals surface area contributed by atoms with Crippen LogP contribution in [0.25, 0.3) is 16.9 Å². The van der Waals surface area contributed by atoms with Gasteiger partial charge in [0.15, 0.2) is 17.4 Å². The van der Waals surface area contributed by atoms with Crippen LogP contribution in [0.3, 0.4) is 0 Å². The molecule has 1 saturated heterocycles. The van der Waals surface area contributed by atoms with Crippen LogP contribution < -0.4 is 5.56 Å². The summed E-state index contributed by atoms with van der Waals surface area (Å²) in [6, 6.07) is 1.54. The van der Waals surface area contributed by atoms with Gasteiger partial charge in [-0.05, 0) is 6.07 Å². The molecule has 4 rings (SSSR count). The first kappa shape index (κ1) is 21.2. The molecular formula is C13H15N5O10P2. The van der Waals surface area contributed by atoms with E-state index in [-0.39, 0.29) is 23.4 Å². The van der Waals surface area contributed by atoms with E-state index >= 15 is 0 Å². The summed E-state index contributed by atoms with van der Waals surface area (Å²) in [6.45, 7) is -0.561. The summed E-state index contributed by atoms with van der Waals surface area (Å²) >= 11 is 0. The molecule has 3 aromatic rings. The summed E-state index contributed by atoms with van der Waals surface area (Å²) in [5.41, 5.74) is -0.540. The molecule has 1 aliphatic rings. The number of rotatable bonds is 6. The highest BCUT2D eigenvalue weighted by Gasteiger charge is 2.42. The Bertz CT molecular complexity index is 1250. The van der Waals surface area contributed by atoms with Gasteiger partial charge in [0.05, 0.1) is 19.0 Å². The summed E-state index contributed by atoms with van der Waals surface area (Å²) < 4.78 is 39.6. The van der Waals surface area contributed by atoms with Crippen molar-refractivity contribution < 1.29 is 42.5 Å². The molecule has 0 aliphatic carbocycles. The summed E-state index contributed by atoms with van der Waals surface area (Å²) in [5.74, 6) is 0.0589. The average molecular weight is 463 g/mol. The molecule has 0 bridgehead atoms. The fourth-order valence-electron chi connectivity index (χ4n) is 3.14. The lowest BCUT2D eigenvalue weighted by Gasteiger charge is -2.20. The van der Waals surface area contributed by atoms with E-state index in [1.54, 1.807) is 0 Å². The van der Waals surface area contributed by atoms with Crippen LogP contribution in [0.2, 0.25) is 0 Å². The molecule has 1 aliphatic heterocycles. The van der Waals surface area contributed by atoms with Crippen molar-refractivity contribution in [2.45, 2.75) is 24.9 Å². The molecule has 0 saturated carbocycles. The normalized spacial score (nSPS) is 22.9. The molecule has 30 heavy (non-hydrogen) atoms. The van der Waals surface area contributed by atoms with Crippen molar-refractivity contribution in [3.05, 3.63) is 35.1 Å². The van der Waals surface area contributed by atoms with Crippen LogP contribution in [0.5, 0.6) is 0 Å². The van der Waals surface area contributed by atoms with Crippen molar-refractivity contribution in [2.75, 3.05) is 6.61 Å². The Balaban J connectivity index is 1.74. The molecule has 162 valence electrons. The second-order valence-corrected chi connectivity index (χ2v) is 8.77. The first-order valence-electron chi connectivity index (χ1n) is 8.31. The monoisotopic (exact) mass is 463 g/mol. The van der Waals surface area contributed by atoms with Crippen molar-refractivity contribution in [2.24, 2.45) is 0 Å². The number of fused-ring (bicyclic) bond motifs is 2. The number of phosphoric ester groups is 2. The van der Waals surface area contributed by atoms with E-state index in [4.69, 9.17) is 19.0 Å². The van der Waals surface area contributed by atoms with Crippen molar-refractivity contribution >= 4 is 32.6 Å². The Morgan fingerprint density at radius 1 is 1.20 bits per heavy atom. The predicted octanol–water partition coefficient (Wildman–Crippen LogP) is -0.686. The highest BCUT2D eigenvalue weighted by molar-refractivity contribution is 7.46. The molecule has 0 aromatic carbocycles. The smallest absolute Gasteiger partial charge is 0.349 e. The van der Waals surface area contributed by atoms with E-state index in [1.807, 2.05) is 0 Å². The van der Waals surface area contributed by atoms with Crippen LogP contribution in [0, 0.1) is 0 Å². The molecule has 0 amide bonds. The highest BCUT2D eigenvalue weighted by atomic mass is 31.2. The van der Waals surface area contributed by atoms with Gasteiger partial charge in [0, 0.05) is 18.8 Å². The van der Waals surface area contributed by atoms with Gasteiger partial charge in [-0.2, -0.15) is 4.98 Å². The van der Waals surface area contributed by atoms with Gasteiger partial charge in [-0.25, -0.2) is 23.5 Å². The number of hydrogen-bond donors (Lipinski definition) is 4. The third kappa shape index (κ3) is 4.34. The number of aromatic nitrogens is 5. The van der Waals surface area contributed by atoms with Crippen LogP contribution in [0.1, 0.15) is 12.6 Å². The molecule has 3 aromatic heterocycles. The van der Waals surface area contributed by atoms with E-state index < -0.39 is 46.2 Å². The van der Waals surface area contributed by atoms with E-state index in [0.717, 1.165) is 0 Å². The first-order valence-corrected chi connectivity index (χ1v) is 11.4. The SMILES string of the molecule is O=c1c2ncn([C@@H]3O[C@H](COP(=O)(O)O)C[C@@H]3OP(=O)(O)O)c2nc2ncccn12. The largest absolute Gasteiger partial charge is 0.470 e. The molecule has 3 atom stereocenters. The van der Waals surface area contributed by atoms with Gasteiger partial charge < -0.3 is 24.3 Å². The van der Waals surface area contributed by atoms with Gasteiger partial charge in [0.1, 0.15) is 6.10 Å². The topological polar surface area (TPSA) is 208 Å². The zero-order valence-electron chi connectivity index (χ0n) is 14.8. The highest BCUT2D eigenvalue weighted by Crippen LogP contribution is 2.45. The van der Waals surface area contributed by atoms with Crippen molar-refractivity contribution in [3.63, 3.8) is 0 Å². The van der Waals surface area contributed by atoms with Crippen LogP contribution in [-0.4, -0.2) is 62.3 Å². The van der Waals surface area contributed by atoms with Crippen LogP contribution in [-0.2, 0) is 22.9 Å². The molecule has 15 nitrogen and oxygen atoms in total. The van der Waals surface area contributed by atoms with Gasteiger partial charge in [0.25, 0.3) is 5.56 Å². The maximum Gasteiger partial charge on any atom is 0.470 e. The third-order valence-corrected chi connectivity index (χ3v) is 5.27. The van der Waals surface area contributed by atoms with Crippen molar-refractivity contribution in [3.8, 4) is 0 Å². The van der Waals surface area contributed by atoms with Gasteiger partial charge in [0.2, 0.25) is 5.78 Å². The molecule has 4 N–H and O–H groups in total. The Labute approximate surface area is 166 Å². The summed E-state index contributed by atoms with van der Waals surface area (Å²) in [6.07, 6.45) is 0.457. The quantitative estimate of drug-likeness (QED) is 0.334. The van der Waals surface area contributed by atoms with E-state index in [0.29, 0.717) is 0 Å². The fourth-order valence-corrected chi connectivity index (χ4v) is 4.04. The average Bonchev–Trinajstić information content (AvgIpc) is 3.22. The van der Waals surface area contributed by atoms with E-state index in [2.05, 4.69) is 19.5 Å². The molecular weight excluding hydrogens is 448 g/mol. The molecule has 4 heterocycles. The van der Waals surface area contributed by atoms with E-state index in [1.165, 1.54) is 33.8 Å². The lowest BCUT2D eigenvalue weighted by molar-refractivity contribution is -0.0472.